The minimum absolute atomic E-state index is 0.384. The third kappa shape index (κ3) is 5.20. The predicted octanol–water partition coefficient (Wildman–Crippen LogP) is 1.10. The Bertz CT molecular complexity index is 173. The Morgan fingerprint density at radius 3 is 2.36 bits per heavy atom. The number of amides is 1. The molecule has 0 aliphatic heterocycles. The summed E-state index contributed by atoms with van der Waals surface area (Å²) in [4.78, 5) is 10.9. The first-order valence-electron chi connectivity index (χ1n) is 4.59. The second-order valence-corrected chi connectivity index (χ2v) is 6.52. The summed E-state index contributed by atoms with van der Waals surface area (Å²) in [5.41, 5.74) is 0. The Morgan fingerprint density at radius 1 is 1.36 bits per heavy atom. The molecule has 0 heterocycles. The van der Waals surface area contributed by atoms with Crippen molar-refractivity contribution in [2.45, 2.75) is 19.5 Å². The van der Waals surface area contributed by atoms with Crippen molar-refractivity contribution in [3.8, 4) is 0 Å². The molecular weight excluding hydrogens is 202 g/mol. The summed E-state index contributed by atoms with van der Waals surface area (Å²) in [5, 5.41) is 2.62. The van der Waals surface area contributed by atoms with Gasteiger partial charge in [-0.05, 0) is 13.5 Å². The molecule has 5 nitrogen and oxygen atoms in total. The lowest BCUT2D eigenvalue weighted by atomic mass is 10.7. The summed E-state index contributed by atoms with van der Waals surface area (Å²) < 4.78 is 15.2. The Hall–Kier alpha value is -0.593. The summed E-state index contributed by atoms with van der Waals surface area (Å²) in [7, 11) is 1.19. The molecule has 0 aromatic carbocycles. The molecule has 0 bridgehead atoms. The van der Waals surface area contributed by atoms with E-state index in [4.69, 9.17) is 13.6 Å². The zero-order valence-electron chi connectivity index (χ0n) is 9.25. The van der Waals surface area contributed by atoms with Gasteiger partial charge in [0.1, 0.15) is 0 Å². The third-order valence-corrected chi connectivity index (χ3v) is 4.87. The number of hydrogen-bond donors (Lipinski definition) is 1. The summed E-state index contributed by atoms with van der Waals surface area (Å²) in [6.07, 6.45) is -0.393. The first kappa shape index (κ1) is 13.4. The first-order chi connectivity index (χ1) is 6.58. The molecule has 1 N–H and O–H groups in total. The highest BCUT2D eigenvalue weighted by atomic mass is 28.4. The molecule has 0 aromatic rings. The number of ether oxygens (including phenoxy) is 1. The van der Waals surface area contributed by atoms with Gasteiger partial charge in [0.15, 0.2) is 0 Å². The van der Waals surface area contributed by atoms with Crippen LogP contribution in [0.15, 0.2) is 0 Å². The monoisotopic (exact) mass is 221 g/mol. The molecule has 0 fully saturated rings. The van der Waals surface area contributed by atoms with Crippen LogP contribution in [0.25, 0.3) is 0 Å². The van der Waals surface area contributed by atoms with E-state index in [9.17, 15) is 4.79 Å². The standard InChI is InChI=1S/C8H19NO4Si/c1-5-13-8(10)9-6-7-14(4,11-2)12-3/h5-7H2,1-4H3,(H,9,10). The zero-order chi connectivity index (χ0) is 11.0. The number of alkyl carbamates (subject to hydrolysis) is 1. The lowest BCUT2D eigenvalue weighted by Gasteiger charge is -2.22. The Labute approximate surface area is 86.0 Å². The van der Waals surface area contributed by atoms with Gasteiger partial charge in [-0.25, -0.2) is 4.79 Å². The molecule has 0 aliphatic carbocycles. The van der Waals surface area contributed by atoms with Crippen molar-refractivity contribution in [2.75, 3.05) is 27.4 Å². The van der Waals surface area contributed by atoms with Gasteiger partial charge in [-0.1, -0.05) is 0 Å². The fourth-order valence-corrected chi connectivity index (χ4v) is 2.02. The molecular formula is C8H19NO4Si. The van der Waals surface area contributed by atoms with Crippen molar-refractivity contribution in [3.05, 3.63) is 0 Å². The normalized spacial score (nSPS) is 11.1. The van der Waals surface area contributed by atoms with Crippen LogP contribution >= 0.6 is 0 Å². The van der Waals surface area contributed by atoms with E-state index in [-0.39, 0.29) is 0 Å². The van der Waals surface area contributed by atoms with Crippen LogP contribution in [-0.4, -0.2) is 42.0 Å². The highest BCUT2D eigenvalue weighted by molar-refractivity contribution is 6.66. The number of hydrogen-bond acceptors (Lipinski definition) is 4. The van der Waals surface area contributed by atoms with Crippen LogP contribution in [0.4, 0.5) is 4.79 Å². The largest absolute Gasteiger partial charge is 0.450 e. The highest BCUT2D eigenvalue weighted by Crippen LogP contribution is 2.09. The van der Waals surface area contributed by atoms with Crippen LogP contribution in [0.1, 0.15) is 6.92 Å². The van der Waals surface area contributed by atoms with Crippen molar-refractivity contribution in [1.29, 1.82) is 0 Å². The maximum absolute atomic E-state index is 10.9. The summed E-state index contributed by atoms with van der Waals surface area (Å²) in [6.45, 7) is 4.61. The van der Waals surface area contributed by atoms with Gasteiger partial charge < -0.3 is 18.9 Å². The molecule has 0 radical (unpaired) electrons. The van der Waals surface area contributed by atoms with Gasteiger partial charge in [-0.2, -0.15) is 0 Å². The molecule has 0 aliphatic rings. The molecule has 14 heavy (non-hydrogen) atoms. The van der Waals surface area contributed by atoms with Crippen molar-refractivity contribution < 1.29 is 18.4 Å². The minimum atomic E-state index is -2.06. The van der Waals surface area contributed by atoms with Crippen molar-refractivity contribution in [3.63, 3.8) is 0 Å². The summed E-state index contributed by atoms with van der Waals surface area (Å²) in [5.74, 6) is 0. The number of carbonyl (C=O) groups excluding carboxylic acids is 1. The third-order valence-electron chi connectivity index (χ3n) is 1.99. The molecule has 6 heteroatoms. The fraction of sp³-hybridized carbons (Fsp3) is 0.875. The quantitative estimate of drug-likeness (QED) is 0.682. The van der Waals surface area contributed by atoms with E-state index in [0.29, 0.717) is 19.2 Å². The topological polar surface area (TPSA) is 56.8 Å². The van der Waals surface area contributed by atoms with Gasteiger partial charge in [0.05, 0.1) is 6.61 Å². The van der Waals surface area contributed by atoms with Gasteiger partial charge in [0, 0.05) is 26.8 Å². The second kappa shape index (κ2) is 6.80. The molecule has 0 aromatic heterocycles. The van der Waals surface area contributed by atoms with E-state index >= 15 is 0 Å². The van der Waals surface area contributed by atoms with Crippen LogP contribution < -0.4 is 5.32 Å². The average molecular weight is 221 g/mol. The Balaban J connectivity index is 3.66. The van der Waals surface area contributed by atoms with Gasteiger partial charge in [-0.15, -0.1) is 0 Å². The highest BCUT2D eigenvalue weighted by Gasteiger charge is 2.28. The van der Waals surface area contributed by atoms with Crippen LogP contribution in [0.5, 0.6) is 0 Å². The number of carbonyl (C=O) groups is 1. The molecule has 0 unspecified atom stereocenters. The van der Waals surface area contributed by atoms with Gasteiger partial charge in [0.2, 0.25) is 0 Å². The van der Waals surface area contributed by atoms with E-state index in [1.807, 2.05) is 6.55 Å². The molecule has 0 spiro atoms. The predicted molar refractivity (Wildman–Crippen MR) is 55.5 cm³/mol. The molecule has 84 valence electrons. The van der Waals surface area contributed by atoms with Gasteiger partial charge >= 0.3 is 14.7 Å². The minimum Gasteiger partial charge on any atom is -0.450 e. The fourth-order valence-electron chi connectivity index (χ4n) is 0.861. The SMILES string of the molecule is CCOC(=O)NCC[Si](C)(OC)OC. The zero-order valence-corrected chi connectivity index (χ0v) is 10.3. The maximum Gasteiger partial charge on any atom is 0.407 e. The number of nitrogens with one attached hydrogen (secondary N) is 1. The molecule has 0 saturated carbocycles. The van der Waals surface area contributed by atoms with Crippen LogP contribution in [-0.2, 0) is 13.6 Å². The molecule has 0 saturated heterocycles. The lowest BCUT2D eigenvalue weighted by Crippen LogP contribution is -2.40. The van der Waals surface area contributed by atoms with Crippen LogP contribution in [0.3, 0.4) is 0 Å². The second-order valence-electron chi connectivity index (χ2n) is 2.94. The molecule has 1 amide bonds. The van der Waals surface area contributed by atoms with Crippen molar-refractivity contribution >= 4 is 14.7 Å². The van der Waals surface area contributed by atoms with E-state index in [1.165, 1.54) is 0 Å². The van der Waals surface area contributed by atoms with Crippen LogP contribution in [0, 0.1) is 0 Å². The maximum atomic E-state index is 10.9. The first-order valence-corrected chi connectivity index (χ1v) is 7.11. The Kier molecular flexibility index (Phi) is 6.51. The number of rotatable bonds is 6. The summed E-state index contributed by atoms with van der Waals surface area (Å²) >= 11 is 0. The van der Waals surface area contributed by atoms with Crippen LogP contribution in [0.2, 0.25) is 12.6 Å². The van der Waals surface area contributed by atoms with E-state index in [2.05, 4.69) is 5.32 Å². The van der Waals surface area contributed by atoms with E-state index < -0.39 is 14.7 Å². The van der Waals surface area contributed by atoms with Gasteiger partial charge in [0.25, 0.3) is 0 Å². The van der Waals surface area contributed by atoms with E-state index in [0.717, 1.165) is 0 Å². The molecule has 0 atom stereocenters. The lowest BCUT2D eigenvalue weighted by molar-refractivity contribution is 0.152. The Morgan fingerprint density at radius 2 is 1.93 bits per heavy atom. The average Bonchev–Trinajstić information content (AvgIpc) is 2.18. The van der Waals surface area contributed by atoms with Crippen molar-refractivity contribution in [1.82, 2.24) is 5.32 Å². The van der Waals surface area contributed by atoms with E-state index in [1.54, 1.807) is 21.1 Å². The smallest absolute Gasteiger partial charge is 0.407 e. The van der Waals surface area contributed by atoms with Crippen molar-refractivity contribution in [2.24, 2.45) is 0 Å². The summed E-state index contributed by atoms with van der Waals surface area (Å²) in [6, 6.07) is 0.707. The van der Waals surface area contributed by atoms with Gasteiger partial charge in [-0.3, -0.25) is 0 Å². The molecule has 0 rings (SSSR count).